The maximum atomic E-state index is 11.2. The molecule has 0 bridgehead atoms. The summed E-state index contributed by atoms with van der Waals surface area (Å²) in [5.74, 6) is 0.648. The van der Waals surface area contributed by atoms with E-state index in [1.807, 2.05) is 0 Å². The summed E-state index contributed by atoms with van der Waals surface area (Å²) in [6, 6.07) is 5.16. The molecule has 0 saturated carbocycles. The van der Waals surface area contributed by atoms with E-state index < -0.39 is 5.97 Å². The first-order valence-corrected chi connectivity index (χ1v) is 7.48. The maximum Gasteiger partial charge on any atom is 0.335 e. The molecule has 4 heteroatoms. The molecule has 1 N–H and O–H groups in total. The number of hydrogen-bond acceptors (Lipinski definition) is 2. The Morgan fingerprint density at radius 2 is 2.05 bits per heavy atom. The van der Waals surface area contributed by atoms with Crippen molar-refractivity contribution in [2.24, 2.45) is 11.3 Å². The molecule has 2 rings (SSSR count). The van der Waals surface area contributed by atoms with E-state index in [1.54, 1.807) is 18.2 Å². The zero-order chi connectivity index (χ0) is 15.8. The Labute approximate surface area is 125 Å². The number of nitrogens with zero attached hydrogens (tertiary/aromatic N) is 2. The lowest BCUT2D eigenvalue weighted by molar-refractivity contribution is 0.0697. The van der Waals surface area contributed by atoms with Crippen LogP contribution in [0.5, 0.6) is 0 Å². The molecule has 0 saturated heterocycles. The summed E-state index contributed by atoms with van der Waals surface area (Å²) in [5, 5.41) is 9.19. The minimum absolute atomic E-state index is 0.122. The zero-order valence-corrected chi connectivity index (χ0v) is 13.5. The summed E-state index contributed by atoms with van der Waals surface area (Å²) in [7, 11) is 0. The second-order valence-corrected chi connectivity index (χ2v) is 6.62. The van der Waals surface area contributed by atoms with Gasteiger partial charge in [-0.2, -0.15) is 0 Å². The van der Waals surface area contributed by atoms with Crippen LogP contribution in [0.4, 0.5) is 0 Å². The van der Waals surface area contributed by atoms with Gasteiger partial charge in [-0.15, -0.1) is 0 Å². The molecule has 0 aliphatic carbocycles. The lowest BCUT2D eigenvalue weighted by atomic mass is 9.81. The average molecular weight is 288 g/mol. The van der Waals surface area contributed by atoms with Gasteiger partial charge in [-0.3, -0.25) is 0 Å². The van der Waals surface area contributed by atoms with Crippen molar-refractivity contribution in [1.82, 2.24) is 9.55 Å². The van der Waals surface area contributed by atoms with Crippen molar-refractivity contribution >= 4 is 17.0 Å². The smallest absolute Gasteiger partial charge is 0.335 e. The molecule has 0 atom stereocenters. The molecule has 4 nitrogen and oxygen atoms in total. The molecular weight excluding hydrogens is 264 g/mol. The average Bonchev–Trinajstić information content (AvgIpc) is 2.75. The van der Waals surface area contributed by atoms with E-state index in [0.717, 1.165) is 29.8 Å². The molecule has 1 heterocycles. The Morgan fingerprint density at radius 3 is 2.57 bits per heavy atom. The first kappa shape index (κ1) is 15.5. The largest absolute Gasteiger partial charge is 0.478 e. The van der Waals surface area contributed by atoms with Gasteiger partial charge in [0.1, 0.15) is 5.82 Å². The van der Waals surface area contributed by atoms with Crippen molar-refractivity contribution in [2.45, 2.75) is 47.6 Å². The van der Waals surface area contributed by atoms with E-state index in [-0.39, 0.29) is 5.41 Å². The quantitative estimate of drug-likeness (QED) is 0.905. The van der Waals surface area contributed by atoms with Gasteiger partial charge >= 0.3 is 5.97 Å². The molecule has 2 aromatic rings. The zero-order valence-electron chi connectivity index (χ0n) is 13.5. The number of imidazole rings is 1. The molecule has 114 valence electrons. The molecule has 0 amide bonds. The van der Waals surface area contributed by atoms with Crippen LogP contribution in [0.25, 0.3) is 11.0 Å². The third kappa shape index (κ3) is 2.94. The van der Waals surface area contributed by atoms with Crippen LogP contribution in [0, 0.1) is 11.3 Å². The number of carboxylic acid groups (broad SMARTS) is 1. The second kappa shape index (κ2) is 5.51. The second-order valence-electron chi connectivity index (χ2n) is 6.62. The number of benzene rings is 1. The van der Waals surface area contributed by atoms with Gasteiger partial charge in [0.15, 0.2) is 0 Å². The normalized spacial score (nSPS) is 12.3. The monoisotopic (exact) mass is 288 g/mol. The summed E-state index contributed by atoms with van der Waals surface area (Å²) in [4.78, 5) is 15.8. The van der Waals surface area contributed by atoms with Crippen LogP contribution in [-0.4, -0.2) is 20.6 Å². The molecule has 0 aliphatic heterocycles. The van der Waals surface area contributed by atoms with Crippen LogP contribution >= 0.6 is 0 Å². The summed E-state index contributed by atoms with van der Waals surface area (Å²) >= 11 is 0. The maximum absolute atomic E-state index is 11.2. The fraction of sp³-hybridized carbons (Fsp3) is 0.529. The Kier molecular flexibility index (Phi) is 4.08. The van der Waals surface area contributed by atoms with E-state index in [2.05, 4.69) is 44.2 Å². The van der Waals surface area contributed by atoms with Crippen LogP contribution < -0.4 is 0 Å². The Bertz CT molecular complexity index is 669. The van der Waals surface area contributed by atoms with Crippen molar-refractivity contribution in [2.75, 3.05) is 0 Å². The first-order chi connectivity index (χ1) is 9.76. The molecule has 0 fully saturated rings. The van der Waals surface area contributed by atoms with Crippen molar-refractivity contribution < 1.29 is 9.90 Å². The number of aromatic carboxylic acids is 1. The molecule has 0 radical (unpaired) electrons. The Balaban J connectivity index is 2.58. The van der Waals surface area contributed by atoms with Crippen molar-refractivity contribution in [1.29, 1.82) is 0 Å². The molecule has 21 heavy (non-hydrogen) atoms. The standard InChI is InChI=1S/C17H24N2O2/c1-6-15-18-13-8-7-12(16(20)21)9-14(13)19(15)10-17(4,5)11(2)3/h7-9,11H,6,10H2,1-5H3,(H,20,21). The van der Waals surface area contributed by atoms with E-state index in [0.29, 0.717) is 11.5 Å². The van der Waals surface area contributed by atoms with Crippen LogP contribution in [0.3, 0.4) is 0 Å². The number of rotatable bonds is 5. The van der Waals surface area contributed by atoms with E-state index in [9.17, 15) is 9.90 Å². The van der Waals surface area contributed by atoms with Crippen LogP contribution in [0.1, 0.15) is 50.8 Å². The molecule has 0 spiro atoms. The summed E-state index contributed by atoms with van der Waals surface area (Å²) < 4.78 is 2.18. The first-order valence-electron chi connectivity index (χ1n) is 7.48. The van der Waals surface area contributed by atoms with Crippen LogP contribution in [0.2, 0.25) is 0 Å². The van der Waals surface area contributed by atoms with Crippen molar-refractivity contribution in [3.05, 3.63) is 29.6 Å². The van der Waals surface area contributed by atoms with Crippen molar-refractivity contribution in [3.63, 3.8) is 0 Å². The highest BCUT2D eigenvalue weighted by atomic mass is 16.4. The van der Waals surface area contributed by atoms with Crippen LogP contribution in [0.15, 0.2) is 18.2 Å². The lowest BCUT2D eigenvalue weighted by Gasteiger charge is -2.30. The Hall–Kier alpha value is -1.84. The summed E-state index contributed by atoms with van der Waals surface area (Å²) in [6.07, 6.45) is 0.839. The highest BCUT2D eigenvalue weighted by molar-refractivity contribution is 5.92. The highest BCUT2D eigenvalue weighted by Crippen LogP contribution is 2.31. The van der Waals surface area contributed by atoms with Gasteiger partial charge in [-0.25, -0.2) is 9.78 Å². The molecule has 0 unspecified atom stereocenters. The molecule has 1 aromatic heterocycles. The van der Waals surface area contributed by atoms with Gasteiger partial charge in [0, 0.05) is 13.0 Å². The fourth-order valence-corrected chi connectivity index (χ4v) is 2.34. The summed E-state index contributed by atoms with van der Waals surface area (Å²) in [5.41, 5.74) is 2.22. The third-order valence-corrected chi connectivity index (χ3v) is 4.52. The predicted molar refractivity (Wildman–Crippen MR) is 84.7 cm³/mol. The van der Waals surface area contributed by atoms with Crippen LogP contribution in [-0.2, 0) is 13.0 Å². The van der Waals surface area contributed by atoms with Gasteiger partial charge in [-0.05, 0) is 29.5 Å². The van der Waals surface area contributed by atoms with E-state index in [1.165, 1.54) is 0 Å². The summed E-state index contributed by atoms with van der Waals surface area (Å²) in [6.45, 7) is 11.8. The predicted octanol–water partition coefficient (Wildman–Crippen LogP) is 3.98. The van der Waals surface area contributed by atoms with Gasteiger partial charge < -0.3 is 9.67 Å². The van der Waals surface area contributed by atoms with Gasteiger partial charge in [0.25, 0.3) is 0 Å². The number of carbonyl (C=O) groups is 1. The molecule has 0 aliphatic rings. The van der Waals surface area contributed by atoms with Gasteiger partial charge in [-0.1, -0.05) is 34.6 Å². The highest BCUT2D eigenvalue weighted by Gasteiger charge is 2.25. The number of hydrogen-bond donors (Lipinski definition) is 1. The number of aromatic nitrogens is 2. The Morgan fingerprint density at radius 1 is 1.38 bits per heavy atom. The fourth-order valence-electron chi connectivity index (χ4n) is 2.34. The SMILES string of the molecule is CCc1nc2ccc(C(=O)O)cc2n1CC(C)(C)C(C)C. The van der Waals surface area contributed by atoms with E-state index in [4.69, 9.17) is 0 Å². The number of aryl methyl sites for hydroxylation is 1. The molecule has 1 aromatic carbocycles. The lowest BCUT2D eigenvalue weighted by Crippen LogP contribution is -2.26. The number of carboxylic acids is 1. The number of fused-ring (bicyclic) bond motifs is 1. The van der Waals surface area contributed by atoms with Crippen molar-refractivity contribution in [3.8, 4) is 0 Å². The van der Waals surface area contributed by atoms with Gasteiger partial charge in [0.2, 0.25) is 0 Å². The topological polar surface area (TPSA) is 55.1 Å². The minimum Gasteiger partial charge on any atom is -0.478 e. The van der Waals surface area contributed by atoms with E-state index >= 15 is 0 Å². The molecular formula is C17H24N2O2. The van der Waals surface area contributed by atoms with Gasteiger partial charge in [0.05, 0.1) is 16.6 Å². The third-order valence-electron chi connectivity index (χ3n) is 4.52. The minimum atomic E-state index is -0.897.